The lowest BCUT2D eigenvalue weighted by molar-refractivity contribution is -0.117. The van der Waals surface area contributed by atoms with Gasteiger partial charge in [-0.2, -0.15) is 0 Å². The number of morpholine rings is 1. The molecule has 0 unspecified atom stereocenters. The number of hydrogen-bond acceptors (Lipinski definition) is 4. The van der Waals surface area contributed by atoms with Gasteiger partial charge in [-0.3, -0.25) is 14.5 Å². The van der Waals surface area contributed by atoms with E-state index >= 15 is 0 Å². The molecule has 0 bridgehead atoms. The van der Waals surface area contributed by atoms with Crippen molar-refractivity contribution in [3.05, 3.63) is 88.0 Å². The van der Waals surface area contributed by atoms with Crippen LogP contribution in [0.2, 0.25) is 0 Å². The maximum absolute atomic E-state index is 13.1. The summed E-state index contributed by atoms with van der Waals surface area (Å²) in [6, 6.07) is 21.0. The first-order valence-electron chi connectivity index (χ1n) is 11.0. The van der Waals surface area contributed by atoms with Gasteiger partial charge in [-0.15, -0.1) is 0 Å². The molecular formula is C26H26BrN3O3. The summed E-state index contributed by atoms with van der Waals surface area (Å²) < 4.78 is 6.04. The molecule has 0 aliphatic carbocycles. The van der Waals surface area contributed by atoms with E-state index in [1.807, 2.05) is 48.5 Å². The van der Waals surface area contributed by atoms with Gasteiger partial charge in [0.15, 0.2) is 0 Å². The van der Waals surface area contributed by atoms with Crippen molar-refractivity contribution in [1.82, 2.24) is 15.5 Å². The van der Waals surface area contributed by atoms with Gasteiger partial charge in [0.05, 0.1) is 18.8 Å². The molecule has 6 nitrogen and oxygen atoms in total. The Balaban J connectivity index is 1.57. The second-order valence-corrected chi connectivity index (χ2v) is 8.62. The predicted octanol–water partition coefficient (Wildman–Crippen LogP) is 3.82. The van der Waals surface area contributed by atoms with Crippen LogP contribution in [0, 0.1) is 0 Å². The summed E-state index contributed by atoms with van der Waals surface area (Å²) in [7, 11) is 0. The van der Waals surface area contributed by atoms with Crippen LogP contribution in [0.3, 0.4) is 0 Å². The molecule has 0 saturated carbocycles. The highest BCUT2D eigenvalue weighted by Gasteiger charge is 2.17. The van der Waals surface area contributed by atoms with E-state index < -0.39 is 0 Å². The first kappa shape index (κ1) is 23.2. The van der Waals surface area contributed by atoms with Gasteiger partial charge >= 0.3 is 0 Å². The largest absolute Gasteiger partial charge is 0.379 e. The van der Waals surface area contributed by atoms with Crippen LogP contribution in [0.5, 0.6) is 0 Å². The summed E-state index contributed by atoms with van der Waals surface area (Å²) in [6.45, 7) is 4.34. The third kappa shape index (κ3) is 6.07. The van der Waals surface area contributed by atoms with Crippen molar-refractivity contribution in [3.8, 4) is 0 Å². The second kappa shape index (κ2) is 11.2. The van der Waals surface area contributed by atoms with Crippen molar-refractivity contribution in [2.45, 2.75) is 0 Å². The van der Waals surface area contributed by atoms with E-state index in [0.29, 0.717) is 29.8 Å². The van der Waals surface area contributed by atoms with E-state index in [4.69, 9.17) is 4.74 Å². The standard InChI is InChI=1S/C26H26BrN3O3/c27-23-11-4-3-10-22(23)25(31)29-24(26(32)28-12-13-30-14-16-33-17-15-30)18-20-8-5-7-19-6-1-2-9-21(19)20/h1-11,18H,12-17H2,(H,28,32)(H,29,31). The molecule has 1 saturated heterocycles. The molecular weight excluding hydrogens is 482 g/mol. The minimum atomic E-state index is -0.350. The first-order valence-corrected chi connectivity index (χ1v) is 11.7. The van der Waals surface area contributed by atoms with E-state index in [9.17, 15) is 9.59 Å². The van der Waals surface area contributed by atoms with E-state index in [1.165, 1.54) is 0 Å². The number of fused-ring (bicyclic) bond motifs is 1. The molecule has 0 spiro atoms. The highest BCUT2D eigenvalue weighted by molar-refractivity contribution is 9.10. The van der Waals surface area contributed by atoms with Gasteiger partial charge in [-0.1, -0.05) is 54.6 Å². The number of carbonyl (C=O) groups is 2. The van der Waals surface area contributed by atoms with Crippen molar-refractivity contribution in [3.63, 3.8) is 0 Å². The fourth-order valence-corrected chi connectivity index (χ4v) is 4.24. The molecule has 0 aromatic heterocycles. The summed E-state index contributed by atoms with van der Waals surface area (Å²) in [5.41, 5.74) is 1.52. The molecule has 3 aromatic rings. The minimum absolute atomic E-state index is 0.203. The van der Waals surface area contributed by atoms with Crippen molar-refractivity contribution in [2.24, 2.45) is 0 Å². The highest BCUT2D eigenvalue weighted by Crippen LogP contribution is 2.21. The van der Waals surface area contributed by atoms with Crippen LogP contribution < -0.4 is 10.6 Å². The number of ether oxygens (including phenoxy) is 1. The average molecular weight is 508 g/mol. The number of amides is 2. The Hall–Kier alpha value is -3.00. The Morgan fingerprint density at radius 3 is 2.52 bits per heavy atom. The van der Waals surface area contributed by atoms with Crippen molar-refractivity contribution < 1.29 is 14.3 Å². The molecule has 1 aliphatic heterocycles. The van der Waals surface area contributed by atoms with Crippen LogP contribution >= 0.6 is 15.9 Å². The third-order valence-electron chi connectivity index (χ3n) is 5.55. The number of nitrogens with zero attached hydrogens (tertiary/aromatic N) is 1. The van der Waals surface area contributed by atoms with E-state index in [1.54, 1.807) is 24.3 Å². The Bertz CT molecular complexity index is 1170. The van der Waals surface area contributed by atoms with Crippen LogP contribution in [-0.4, -0.2) is 56.1 Å². The molecule has 1 fully saturated rings. The topological polar surface area (TPSA) is 70.7 Å². The Morgan fingerprint density at radius 2 is 1.70 bits per heavy atom. The number of rotatable bonds is 7. The third-order valence-corrected chi connectivity index (χ3v) is 6.24. The number of halogens is 1. The summed E-state index contributed by atoms with van der Waals surface area (Å²) >= 11 is 3.41. The second-order valence-electron chi connectivity index (χ2n) is 7.77. The molecule has 170 valence electrons. The lowest BCUT2D eigenvalue weighted by atomic mass is 10.0. The number of hydrogen-bond donors (Lipinski definition) is 2. The monoisotopic (exact) mass is 507 g/mol. The summed E-state index contributed by atoms with van der Waals surface area (Å²) in [6.07, 6.45) is 1.74. The molecule has 33 heavy (non-hydrogen) atoms. The number of nitrogens with one attached hydrogen (secondary N) is 2. The van der Waals surface area contributed by atoms with Crippen molar-refractivity contribution in [2.75, 3.05) is 39.4 Å². The minimum Gasteiger partial charge on any atom is -0.379 e. The number of carbonyl (C=O) groups excluding carboxylic acids is 2. The van der Waals surface area contributed by atoms with E-state index in [-0.39, 0.29) is 17.5 Å². The summed E-state index contributed by atoms with van der Waals surface area (Å²) in [5.74, 6) is -0.672. The zero-order valence-corrected chi connectivity index (χ0v) is 19.8. The maximum Gasteiger partial charge on any atom is 0.267 e. The normalized spacial score (nSPS) is 14.8. The van der Waals surface area contributed by atoms with Gasteiger partial charge in [-0.05, 0) is 50.5 Å². The Labute approximate surface area is 201 Å². The van der Waals surface area contributed by atoms with Crippen molar-refractivity contribution >= 4 is 44.6 Å². The highest BCUT2D eigenvalue weighted by atomic mass is 79.9. The van der Waals surface area contributed by atoms with Crippen LogP contribution in [0.25, 0.3) is 16.8 Å². The molecule has 4 rings (SSSR count). The molecule has 7 heteroatoms. The van der Waals surface area contributed by atoms with E-state index in [0.717, 1.165) is 36.0 Å². The van der Waals surface area contributed by atoms with Crippen molar-refractivity contribution in [1.29, 1.82) is 0 Å². The van der Waals surface area contributed by atoms with Crippen LogP contribution in [0.15, 0.2) is 76.9 Å². The Kier molecular flexibility index (Phi) is 7.88. The fraction of sp³-hybridized carbons (Fsp3) is 0.231. The quantitative estimate of drug-likeness (QED) is 0.477. The molecule has 0 atom stereocenters. The van der Waals surface area contributed by atoms with E-state index in [2.05, 4.69) is 31.5 Å². The van der Waals surface area contributed by atoms with Gasteiger partial charge in [-0.25, -0.2) is 0 Å². The SMILES string of the molecule is O=C(NCCN1CCOCC1)C(=Cc1cccc2ccccc12)NC(=O)c1ccccc1Br. The Morgan fingerprint density at radius 1 is 0.970 bits per heavy atom. The van der Waals surface area contributed by atoms with Crippen LogP contribution in [-0.2, 0) is 9.53 Å². The van der Waals surface area contributed by atoms with Gasteiger partial charge in [0.2, 0.25) is 0 Å². The number of benzene rings is 3. The zero-order chi connectivity index (χ0) is 23.0. The summed E-state index contributed by atoms with van der Waals surface area (Å²) in [4.78, 5) is 28.3. The first-order chi connectivity index (χ1) is 16.1. The average Bonchev–Trinajstić information content (AvgIpc) is 2.84. The molecule has 0 radical (unpaired) electrons. The summed E-state index contributed by atoms with van der Waals surface area (Å²) in [5, 5.41) is 7.85. The lowest BCUT2D eigenvalue weighted by Crippen LogP contribution is -2.42. The zero-order valence-electron chi connectivity index (χ0n) is 18.2. The fourth-order valence-electron chi connectivity index (χ4n) is 3.77. The van der Waals surface area contributed by atoms with Gasteiger partial charge in [0.25, 0.3) is 11.8 Å². The van der Waals surface area contributed by atoms with Crippen LogP contribution in [0.1, 0.15) is 15.9 Å². The molecule has 1 aliphatic rings. The van der Waals surface area contributed by atoms with Gasteiger partial charge in [0, 0.05) is 30.7 Å². The maximum atomic E-state index is 13.1. The molecule has 1 heterocycles. The van der Waals surface area contributed by atoms with Gasteiger partial charge < -0.3 is 15.4 Å². The lowest BCUT2D eigenvalue weighted by Gasteiger charge is -2.26. The smallest absolute Gasteiger partial charge is 0.267 e. The predicted molar refractivity (Wildman–Crippen MR) is 134 cm³/mol. The van der Waals surface area contributed by atoms with Crippen LogP contribution in [0.4, 0.5) is 0 Å². The molecule has 2 N–H and O–H groups in total. The molecule has 3 aromatic carbocycles. The molecule has 2 amide bonds. The van der Waals surface area contributed by atoms with Gasteiger partial charge in [0.1, 0.15) is 5.70 Å².